The number of halogens is 2. The summed E-state index contributed by atoms with van der Waals surface area (Å²) in [6.45, 7) is 0.264. The molecule has 0 unspecified atom stereocenters. The van der Waals surface area contributed by atoms with Gasteiger partial charge in [0.1, 0.15) is 29.4 Å². The van der Waals surface area contributed by atoms with Gasteiger partial charge in [-0.1, -0.05) is 0 Å². The number of rotatable bonds is 8. The lowest BCUT2D eigenvalue weighted by atomic mass is 10.1. The number of methoxy groups -OCH3 is 1. The standard InChI is InChI=1S/C21H16F2N8O4/c1-34-14-4-2-12(3-5-14)16-8-17(19(22)23)30-20(26-16)15(10-25-30)21-28-27-18(35-21)6-7-29-11-13(9-24-29)31(32)33/h2-5,8-11,19H,6-7H2,1H3. The SMILES string of the molecule is COc1ccc(-c2cc(C(F)F)n3ncc(-c4nnc(CCn5cc([N+](=O)[O-])cn5)o4)c3n2)cc1. The zero-order chi connectivity index (χ0) is 24.5. The van der Waals surface area contributed by atoms with Crippen LogP contribution < -0.4 is 4.74 Å². The highest BCUT2D eigenvalue weighted by Crippen LogP contribution is 2.30. The fourth-order valence-corrected chi connectivity index (χ4v) is 3.44. The van der Waals surface area contributed by atoms with Crippen molar-refractivity contribution >= 4 is 11.3 Å². The third-order valence-corrected chi connectivity index (χ3v) is 5.19. The van der Waals surface area contributed by atoms with Crippen molar-refractivity contribution in [3.05, 3.63) is 70.6 Å². The molecule has 178 valence electrons. The number of ether oxygens (including phenoxy) is 1. The van der Waals surface area contributed by atoms with Gasteiger partial charge < -0.3 is 9.15 Å². The summed E-state index contributed by atoms with van der Waals surface area (Å²) >= 11 is 0. The number of nitrogens with zero attached hydrogens (tertiary/aromatic N) is 8. The molecule has 0 aliphatic carbocycles. The summed E-state index contributed by atoms with van der Waals surface area (Å²) in [4.78, 5) is 14.8. The van der Waals surface area contributed by atoms with Crippen LogP contribution in [0.3, 0.4) is 0 Å². The highest BCUT2D eigenvalue weighted by Gasteiger charge is 2.22. The summed E-state index contributed by atoms with van der Waals surface area (Å²) in [6, 6.07) is 8.12. The average molecular weight is 482 g/mol. The highest BCUT2D eigenvalue weighted by molar-refractivity contribution is 5.74. The first-order valence-corrected chi connectivity index (χ1v) is 10.2. The van der Waals surface area contributed by atoms with Crippen LogP contribution in [0.15, 0.2) is 53.3 Å². The lowest BCUT2D eigenvalue weighted by Crippen LogP contribution is -2.02. The van der Waals surface area contributed by atoms with Gasteiger partial charge in [0.15, 0.2) is 5.65 Å². The van der Waals surface area contributed by atoms with E-state index in [2.05, 4.69) is 25.4 Å². The summed E-state index contributed by atoms with van der Waals surface area (Å²) in [7, 11) is 1.53. The van der Waals surface area contributed by atoms with Gasteiger partial charge in [0.2, 0.25) is 5.89 Å². The number of fused-ring (bicyclic) bond motifs is 1. The summed E-state index contributed by atoms with van der Waals surface area (Å²) in [5.74, 6) is 0.913. The van der Waals surface area contributed by atoms with E-state index < -0.39 is 11.3 Å². The van der Waals surface area contributed by atoms with Crippen LogP contribution in [0.4, 0.5) is 14.5 Å². The van der Waals surface area contributed by atoms with Gasteiger partial charge >= 0.3 is 5.69 Å². The summed E-state index contributed by atoms with van der Waals surface area (Å²) in [5.41, 5.74) is 0.879. The molecule has 14 heteroatoms. The first kappa shape index (κ1) is 22.1. The highest BCUT2D eigenvalue weighted by atomic mass is 19.3. The number of aryl methyl sites for hydroxylation is 2. The van der Waals surface area contributed by atoms with E-state index in [0.717, 1.165) is 10.7 Å². The van der Waals surface area contributed by atoms with Crippen molar-refractivity contribution in [1.29, 1.82) is 0 Å². The molecular formula is C21H16F2N8O4. The Morgan fingerprint density at radius 2 is 1.97 bits per heavy atom. The van der Waals surface area contributed by atoms with Gasteiger partial charge in [0.25, 0.3) is 12.3 Å². The maximum atomic E-state index is 13.8. The quantitative estimate of drug-likeness (QED) is 0.239. The largest absolute Gasteiger partial charge is 0.497 e. The smallest absolute Gasteiger partial charge is 0.306 e. The van der Waals surface area contributed by atoms with Crippen molar-refractivity contribution in [1.82, 2.24) is 34.6 Å². The summed E-state index contributed by atoms with van der Waals surface area (Å²) < 4.78 is 40.9. The van der Waals surface area contributed by atoms with E-state index in [4.69, 9.17) is 9.15 Å². The first-order valence-electron chi connectivity index (χ1n) is 10.2. The van der Waals surface area contributed by atoms with E-state index in [-0.39, 0.29) is 47.3 Å². The molecule has 0 aliphatic rings. The molecule has 0 amide bonds. The molecule has 4 heterocycles. The van der Waals surface area contributed by atoms with E-state index >= 15 is 0 Å². The first-order chi connectivity index (χ1) is 16.9. The average Bonchev–Trinajstić information content (AvgIpc) is 3.61. The number of hydrogen-bond acceptors (Lipinski definition) is 9. The molecule has 0 radical (unpaired) electrons. The van der Waals surface area contributed by atoms with Crippen molar-refractivity contribution in [3.8, 4) is 28.5 Å². The second kappa shape index (κ2) is 8.89. The Morgan fingerprint density at radius 3 is 2.66 bits per heavy atom. The molecule has 35 heavy (non-hydrogen) atoms. The zero-order valence-electron chi connectivity index (χ0n) is 18.1. The molecule has 0 atom stereocenters. The zero-order valence-corrected chi connectivity index (χ0v) is 18.1. The maximum absolute atomic E-state index is 13.8. The van der Waals surface area contributed by atoms with Crippen molar-refractivity contribution in [2.24, 2.45) is 0 Å². The lowest BCUT2D eigenvalue weighted by molar-refractivity contribution is -0.385. The Labute approximate surface area is 194 Å². The molecule has 0 spiro atoms. The van der Waals surface area contributed by atoms with Crippen LogP contribution in [-0.2, 0) is 13.0 Å². The molecule has 0 aliphatic heterocycles. The molecule has 1 aromatic carbocycles. The van der Waals surface area contributed by atoms with Crippen LogP contribution in [0.5, 0.6) is 5.75 Å². The molecule has 4 aromatic heterocycles. The topological polar surface area (TPSA) is 139 Å². The lowest BCUT2D eigenvalue weighted by Gasteiger charge is -2.08. The van der Waals surface area contributed by atoms with Gasteiger partial charge in [0, 0.05) is 18.5 Å². The normalized spacial score (nSPS) is 11.4. The second-order valence-corrected chi connectivity index (χ2v) is 7.36. The molecule has 0 saturated heterocycles. The Kier molecular flexibility index (Phi) is 5.60. The van der Waals surface area contributed by atoms with Gasteiger partial charge in [-0.25, -0.2) is 18.3 Å². The number of aromatic nitrogens is 7. The van der Waals surface area contributed by atoms with Crippen LogP contribution in [0.25, 0.3) is 28.4 Å². The third kappa shape index (κ3) is 4.28. The van der Waals surface area contributed by atoms with Gasteiger partial charge in [-0.15, -0.1) is 10.2 Å². The van der Waals surface area contributed by atoms with Crippen LogP contribution in [0.1, 0.15) is 18.0 Å². The summed E-state index contributed by atoms with van der Waals surface area (Å²) in [6.07, 6.45) is 1.21. The van der Waals surface area contributed by atoms with E-state index in [9.17, 15) is 18.9 Å². The minimum atomic E-state index is -2.80. The molecule has 0 fully saturated rings. The molecule has 5 rings (SSSR count). The molecule has 5 aromatic rings. The minimum absolute atomic E-state index is 0.0565. The molecular weight excluding hydrogens is 466 g/mol. The van der Waals surface area contributed by atoms with Crippen molar-refractivity contribution in [3.63, 3.8) is 0 Å². The summed E-state index contributed by atoms with van der Waals surface area (Å²) in [5, 5.41) is 26.7. The van der Waals surface area contributed by atoms with Crippen molar-refractivity contribution < 1.29 is 22.9 Å². The van der Waals surface area contributed by atoms with E-state index in [0.29, 0.717) is 17.0 Å². The van der Waals surface area contributed by atoms with E-state index in [1.54, 1.807) is 24.3 Å². The van der Waals surface area contributed by atoms with Crippen LogP contribution >= 0.6 is 0 Å². The second-order valence-electron chi connectivity index (χ2n) is 7.36. The van der Waals surface area contributed by atoms with Crippen LogP contribution in [-0.4, -0.2) is 46.6 Å². The number of hydrogen-bond donors (Lipinski definition) is 0. The van der Waals surface area contributed by atoms with Crippen molar-refractivity contribution in [2.45, 2.75) is 19.4 Å². The fraction of sp³-hybridized carbons (Fsp3) is 0.190. The fourth-order valence-electron chi connectivity index (χ4n) is 3.44. The molecule has 0 bridgehead atoms. The van der Waals surface area contributed by atoms with Crippen molar-refractivity contribution in [2.75, 3.05) is 7.11 Å². The van der Waals surface area contributed by atoms with Crippen LogP contribution in [0.2, 0.25) is 0 Å². The van der Waals surface area contributed by atoms with E-state index in [1.807, 2.05) is 0 Å². The minimum Gasteiger partial charge on any atom is -0.497 e. The Balaban J connectivity index is 1.46. The number of benzene rings is 1. The van der Waals surface area contributed by atoms with Gasteiger partial charge in [-0.05, 0) is 30.3 Å². The monoisotopic (exact) mass is 482 g/mol. The van der Waals surface area contributed by atoms with E-state index in [1.165, 1.54) is 30.3 Å². The Bertz CT molecular complexity index is 1510. The van der Waals surface area contributed by atoms with Gasteiger partial charge in [0.05, 0.1) is 23.9 Å². The van der Waals surface area contributed by atoms with Gasteiger partial charge in [-0.2, -0.15) is 10.2 Å². The Hall–Kier alpha value is -4.75. The number of nitro groups is 1. The maximum Gasteiger partial charge on any atom is 0.306 e. The predicted molar refractivity (Wildman–Crippen MR) is 116 cm³/mol. The molecule has 0 N–H and O–H groups in total. The molecule has 0 saturated carbocycles. The van der Waals surface area contributed by atoms with Gasteiger partial charge in [-0.3, -0.25) is 14.8 Å². The number of alkyl halides is 2. The Morgan fingerprint density at radius 1 is 1.17 bits per heavy atom. The van der Waals surface area contributed by atoms with Crippen LogP contribution in [0, 0.1) is 10.1 Å². The molecule has 12 nitrogen and oxygen atoms in total. The third-order valence-electron chi connectivity index (χ3n) is 5.19. The predicted octanol–water partition coefficient (Wildman–Crippen LogP) is 3.74.